The van der Waals surface area contributed by atoms with Crippen molar-refractivity contribution in [2.24, 2.45) is 0 Å². The normalized spacial score (nSPS) is 14.4. The fourth-order valence-corrected chi connectivity index (χ4v) is 3.14. The molecule has 3 heterocycles. The largest absolute Gasteiger partial charge is 0.264 e. The number of fused-ring (bicyclic) bond motifs is 2. The number of rotatable bonds is 1. The molecule has 3 aromatic heterocycles. The zero-order valence-electron chi connectivity index (χ0n) is 10.9. The molecule has 100 valence electrons. The topological polar surface area (TPSA) is 43.1 Å². The molecule has 0 saturated heterocycles. The molecule has 0 aliphatic heterocycles. The maximum atomic E-state index is 6.51. The molecule has 0 N–H and O–H groups in total. The molecule has 1 aliphatic rings. The highest BCUT2D eigenvalue weighted by Gasteiger charge is 2.20. The van der Waals surface area contributed by atoms with Crippen molar-refractivity contribution in [2.45, 2.75) is 25.7 Å². The second-order valence-corrected chi connectivity index (χ2v) is 5.43. The average Bonchev–Trinajstić information content (AvgIpc) is 2.92. The van der Waals surface area contributed by atoms with Crippen LogP contribution in [0, 0.1) is 0 Å². The van der Waals surface area contributed by atoms with Gasteiger partial charge in [0.2, 0.25) is 0 Å². The van der Waals surface area contributed by atoms with E-state index >= 15 is 0 Å². The Hall–Kier alpha value is -1.94. The zero-order chi connectivity index (χ0) is 13.5. The molecule has 0 amide bonds. The standard InChI is InChI=1S/C15H13ClN4/c16-14-11-5-1-2-6-13(11)19-15-12(9-18-20(14)15)10-4-3-7-17-8-10/h3-4,7-9H,1-2,5-6H2. The number of pyridine rings is 1. The van der Waals surface area contributed by atoms with Crippen molar-refractivity contribution in [1.29, 1.82) is 0 Å². The summed E-state index contributed by atoms with van der Waals surface area (Å²) in [6.45, 7) is 0. The number of aryl methyl sites for hydroxylation is 1. The van der Waals surface area contributed by atoms with Crippen LogP contribution in [0.5, 0.6) is 0 Å². The Bertz CT molecular complexity index is 779. The Morgan fingerprint density at radius 2 is 2.05 bits per heavy atom. The molecule has 4 nitrogen and oxygen atoms in total. The zero-order valence-corrected chi connectivity index (χ0v) is 11.6. The molecule has 3 aromatic rings. The van der Waals surface area contributed by atoms with Crippen molar-refractivity contribution in [2.75, 3.05) is 0 Å². The van der Waals surface area contributed by atoms with Crippen LogP contribution in [0.3, 0.4) is 0 Å². The fourth-order valence-electron chi connectivity index (χ4n) is 2.81. The van der Waals surface area contributed by atoms with Gasteiger partial charge in [-0.3, -0.25) is 4.98 Å². The van der Waals surface area contributed by atoms with E-state index in [1.165, 1.54) is 12.8 Å². The second kappa shape index (κ2) is 4.56. The smallest absolute Gasteiger partial charge is 0.164 e. The lowest BCUT2D eigenvalue weighted by Gasteiger charge is -2.16. The number of halogens is 1. The first-order chi connectivity index (χ1) is 9.84. The van der Waals surface area contributed by atoms with Crippen LogP contribution in [-0.4, -0.2) is 19.6 Å². The SMILES string of the molecule is Clc1c2c(nc3c(-c4cccnc4)cnn13)CCCC2. The van der Waals surface area contributed by atoms with Crippen LogP contribution in [0.15, 0.2) is 30.7 Å². The molecule has 5 heteroatoms. The van der Waals surface area contributed by atoms with E-state index in [1.807, 2.05) is 24.5 Å². The maximum Gasteiger partial charge on any atom is 0.164 e. The summed E-state index contributed by atoms with van der Waals surface area (Å²) in [6, 6.07) is 3.93. The molecule has 0 fully saturated rings. The van der Waals surface area contributed by atoms with Crippen LogP contribution >= 0.6 is 11.6 Å². The van der Waals surface area contributed by atoms with Gasteiger partial charge < -0.3 is 0 Å². The maximum absolute atomic E-state index is 6.51. The van der Waals surface area contributed by atoms with Crippen molar-refractivity contribution in [1.82, 2.24) is 19.6 Å². The van der Waals surface area contributed by atoms with Crippen molar-refractivity contribution < 1.29 is 0 Å². The Labute approximate surface area is 121 Å². The van der Waals surface area contributed by atoms with Crippen LogP contribution in [-0.2, 0) is 12.8 Å². The summed E-state index contributed by atoms with van der Waals surface area (Å²) in [7, 11) is 0. The van der Waals surface area contributed by atoms with Gasteiger partial charge in [-0.05, 0) is 31.7 Å². The molecule has 0 bridgehead atoms. The van der Waals surface area contributed by atoms with E-state index in [9.17, 15) is 0 Å². The molecule has 0 atom stereocenters. The average molecular weight is 285 g/mol. The molecule has 0 spiro atoms. The predicted molar refractivity (Wildman–Crippen MR) is 77.9 cm³/mol. The van der Waals surface area contributed by atoms with E-state index in [2.05, 4.69) is 10.1 Å². The van der Waals surface area contributed by atoms with Gasteiger partial charge in [-0.2, -0.15) is 5.10 Å². The van der Waals surface area contributed by atoms with Crippen LogP contribution in [0.1, 0.15) is 24.1 Å². The molecule has 4 rings (SSSR count). The van der Waals surface area contributed by atoms with E-state index in [4.69, 9.17) is 16.6 Å². The van der Waals surface area contributed by atoms with E-state index in [0.717, 1.165) is 40.9 Å². The first-order valence-corrected chi connectivity index (χ1v) is 7.18. The molecule has 0 radical (unpaired) electrons. The monoisotopic (exact) mass is 284 g/mol. The van der Waals surface area contributed by atoms with Gasteiger partial charge in [0, 0.05) is 34.8 Å². The van der Waals surface area contributed by atoms with Crippen LogP contribution < -0.4 is 0 Å². The minimum Gasteiger partial charge on any atom is -0.264 e. The summed E-state index contributed by atoms with van der Waals surface area (Å²) in [4.78, 5) is 8.96. The van der Waals surface area contributed by atoms with Crippen molar-refractivity contribution >= 4 is 17.2 Å². The third kappa shape index (κ3) is 1.72. The van der Waals surface area contributed by atoms with Gasteiger partial charge in [0.25, 0.3) is 0 Å². The van der Waals surface area contributed by atoms with Gasteiger partial charge in [-0.1, -0.05) is 17.7 Å². The molecule has 20 heavy (non-hydrogen) atoms. The van der Waals surface area contributed by atoms with E-state index in [0.29, 0.717) is 5.15 Å². The number of nitrogens with zero attached hydrogens (tertiary/aromatic N) is 4. The molecular weight excluding hydrogens is 272 g/mol. The van der Waals surface area contributed by atoms with E-state index in [1.54, 1.807) is 10.7 Å². The number of aromatic nitrogens is 4. The molecular formula is C15H13ClN4. The Balaban J connectivity index is 1.99. The highest BCUT2D eigenvalue weighted by atomic mass is 35.5. The first kappa shape index (κ1) is 11.9. The first-order valence-electron chi connectivity index (χ1n) is 6.80. The highest BCUT2D eigenvalue weighted by Crippen LogP contribution is 2.31. The molecule has 0 aromatic carbocycles. The molecule has 0 unspecified atom stereocenters. The summed E-state index contributed by atoms with van der Waals surface area (Å²) < 4.78 is 1.74. The lowest BCUT2D eigenvalue weighted by molar-refractivity contribution is 0.660. The predicted octanol–water partition coefficient (Wildman–Crippen LogP) is 3.32. The Morgan fingerprint density at radius 1 is 1.15 bits per heavy atom. The third-order valence-corrected chi connectivity index (χ3v) is 4.22. The second-order valence-electron chi connectivity index (χ2n) is 5.07. The van der Waals surface area contributed by atoms with Gasteiger partial charge in [0.1, 0.15) is 5.15 Å². The van der Waals surface area contributed by atoms with Crippen molar-refractivity contribution in [3.63, 3.8) is 0 Å². The fraction of sp³-hybridized carbons (Fsp3) is 0.267. The summed E-state index contributed by atoms with van der Waals surface area (Å²) in [6.07, 6.45) is 9.77. The molecule has 0 saturated carbocycles. The lowest BCUT2D eigenvalue weighted by atomic mass is 9.97. The minimum absolute atomic E-state index is 0.708. The highest BCUT2D eigenvalue weighted by molar-refractivity contribution is 6.30. The van der Waals surface area contributed by atoms with Crippen LogP contribution in [0.2, 0.25) is 5.15 Å². The van der Waals surface area contributed by atoms with Gasteiger partial charge in [-0.25, -0.2) is 9.50 Å². The van der Waals surface area contributed by atoms with Crippen LogP contribution in [0.4, 0.5) is 0 Å². The van der Waals surface area contributed by atoms with Gasteiger partial charge >= 0.3 is 0 Å². The lowest BCUT2D eigenvalue weighted by Crippen LogP contribution is -2.10. The van der Waals surface area contributed by atoms with Crippen molar-refractivity contribution in [3.8, 4) is 11.1 Å². The number of hydrogen-bond acceptors (Lipinski definition) is 3. The van der Waals surface area contributed by atoms with Gasteiger partial charge in [-0.15, -0.1) is 0 Å². The van der Waals surface area contributed by atoms with E-state index < -0.39 is 0 Å². The summed E-state index contributed by atoms with van der Waals surface area (Å²) in [5.74, 6) is 0. The van der Waals surface area contributed by atoms with Gasteiger partial charge in [0.05, 0.1) is 6.20 Å². The summed E-state index contributed by atoms with van der Waals surface area (Å²) in [5.41, 5.74) is 5.10. The van der Waals surface area contributed by atoms with E-state index in [-0.39, 0.29) is 0 Å². The summed E-state index contributed by atoms with van der Waals surface area (Å²) in [5, 5.41) is 5.11. The Kier molecular flexibility index (Phi) is 2.70. The van der Waals surface area contributed by atoms with Gasteiger partial charge in [0.15, 0.2) is 5.65 Å². The Morgan fingerprint density at radius 3 is 2.90 bits per heavy atom. The number of hydrogen-bond donors (Lipinski definition) is 0. The molecule has 1 aliphatic carbocycles. The summed E-state index contributed by atoms with van der Waals surface area (Å²) >= 11 is 6.51. The van der Waals surface area contributed by atoms with Crippen LogP contribution in [0.25, 0.3) is 16.8 Å². The third-order valence-electron chi connectivity index (χ3n) is 3.83. The minimum atomic E-state index is 0.708. The quantitative estimate of drug-likeness (QED) is 0.644. The van der Waals surface area contributed by atoms with Crippen molar-refractivity contribution in [3.05, 3.63) is 47.1 Å².